The van der Waals surface area contributed by atoms with Gasteiger partial charge in [0, 0.05) is 19.0 Å². The topological polar surface area (TPSA) is 68.3 Å². The van der Waals surface area contributed by atoms with Crippen LogP contribution in [-0.2, 0) is 17.4 Å². The van der Waals surface area contributed by atoms with Crippen LogP contribution < -0.4 is 10.1 Å². The number of carbonyl (C=O) groups excluding carboxylic acids is 2. The van der Waals surface area contributed by atoms with Gasteiger partial charge in [-0.15, -0.1) is 0 Å². The third-order valence-corrected chi connectivity index (χ3v) is 5.27. The van der Waals surface area contributed by atoms with Gasteiger partial charge in [-0.1, -0.05) is 47.6 Å². The molecule has 0 bridgehead atoms. The Morgan fingerprint density at radius 2 is 1.76 bits per heavy atom. The molecule has 1 heterocycles. The fraction of sp³-hybridized carbons (Fsp3) is 0.208. The average Bonchev–Trinajstić information content (AvgIpc) is 3.22. The molecular formula is C24H19F3N2O3S. The molecule has 5 nitrogen and oxygen atoms in total. The van der Waals surface area contributed by atoms with E-state index in [1.54, 1.807) is 12.1 Å². The number of carbonyl (C=O) groups is 2. The van der Waals surface area contributed by atoms with E-state index in [1.807, 2.05) is 30.3 Å². The van der Waals surface area contributed by atoms with Crippen molar-refractivity contribution in [2.24, 2.45) is 0 Å². The summed E-state index contributed by atoms with van der Waals surface area (Å²) in [6.45, 7) is 1.50. The van der Waals surface area contributed by atoms with E-state index in [9.17, 15) is 22.8 Å². The SMILES string of the molecule is CC(=O)Oc1ccc(C#Cc2nc(C(F)(F)F)c(C(=O)NCCCc3ccccc3)s2)cc1. The fourth-order valence-corrected chi connectivity index (χ4v) is 3.69. The van der Waals surface area contributed by atoms with Crippen LogP contribution in [0, 0.1) is 11.8 Å². The lowest BCUT2D eigenvalue weighted by molar-refractivity contribution is -0.141. The molecule has 1 amide bonds. The van der Waals surface area contributed by atoms with Crippen molar-refractivity contribution in [2.45, 2.75) is 25.9 Å². The molecule has 170 valence electrons. The Morgan fingerprint density at radius 1 is 1.06 bits per heavy atom. The fourth-order valence-electron chi connectivity index (χ4n) is 2.84. The highest BCUT2D eigenvalue weighted by Gasteiger charge is 2.39. The van der Waals surface area contributed by atoms with Gasteiger partial charge in [0.25, 0.3) is 5.91 Å². The molecule has 0 saturated carbocycles. The number of alkyl halides is 3. The Morgan fingerprint density at radius 3 is 2.39 bits per heavy atom. The van der Waals surface area contributed by atoms with Crippen LogP contribution >= 0.6 is 11.3 Å². The Balaban J connectivity index is 1.69. The number of hydrogen-bond donors (Lipinski definition) is 1. The van der Waals surface area contributed by atoms with Crippen molar-refractivity contribution in [3.05, 3.63) is 81.3 Å². The summed E-state index contributed by atoms with van der Waals surface area (Å²) >= 11 is 0.594. The summed E-state index contributed by atoms with van der Waals surface area (Å²) in [6, 6.07) is 15.7. The number of ether oxygens (including phenoxy) is 1. The second-order valence-electron chi connectivity index (χ2n) is 6.91. The first-order valence-corrected chi connectivity index (χ1v) is 10.7. The second kappa shape index (κ2) is 10.8. The first kappa shape index (κ1) is 24.0. The molecule has 0 atom stereocenters. The lowest BCUT2D eigenvalue weighted by Gasteiger charge is -2.07. The molecule has 0 radical (unpaired) electrons. The molecular weight excluding hydrogens is 453 g/mol. The molecule has 0 saturated heterocycles. The van der Waals surface area contributed by atoms with Crippen LogP contribution in [0.5, 0.6) is 5.75 Å². The average molecular weight is 472 g/mol. The van der Waals surface area contributed by atoms with Crippen molar-refractivity contribution in [2.75, 3.05) is 6.54 Å². The minimum Gasteiger partial charge on any atom is -0.427 e. The van der Waals surface area contributed by atoms with Crippen LogP contribution in [-0.4, -0.2) is 23.4 Å². The highest BCUT2D eigenvalue weighted by atomic mass is 32.1. The predicted octanol–water partition coefficient (Wildman–Crippen LogP) is 4.85. The van der Waals surface area contributed by atoms with Crippen LogP contribution in [0.2, 0.25) is 0 Å². The first-order chi connectivity index (χ1) is 15.7. The minimum absolute atomic E-state index is 0.124. The van der Waals surface area contributed by atoms with Gasteiger partial charge in [0.15, 0.2) is 10.7 Å². The monoisotopic (exact) mass is 472 g/mol. The number of thiazole rings is 1. The largest absolute Gasteiger partial charge is 0.435 e. The van der Waals surface area contributed by atoms with Crippen LogP contribution in [0.25, 0.3) is 0 Å². The standard InChI is InChI=1S/C24H19F3N2O3S/c1-16(30)32-19-12-9-18(10-13-19)11-14-20-29-22(24(25,26)27)21(33-20)23(31)28-15-5-8-17-6-3-2-4-7-17/h2-4,6-7,9-10,12-13H,5,8,15H2,1H3,(H,28,31). The quantitative estimate of drug-likeness (QED) is 0.241. The highest BCUT2D eigenvalue weighted by molar-refractivity contribution is 7.14. The zero-order valence-electron chi connectivity index (χ0n) is 17.5. The van der Waals surface area contributed by atoms with Gasteiger partial charge >= 0.3 is 12.1 Å². The van der Waals surface area contributed by atoms with Gasteiger partial charge in [-0.3, -0.25) is 9.59 Å². The van der Waals surface area contributed by atoms with Crippen LogP contribution in [0.15, 0.2) is 54.6 Å². The third kappa shape index (κ3) is 7.19. The van der Waals surface area contributed by atoms with Crippen molar-refractivity contribution in [3.63, 3.8) is 0 Å². The van der Waals surface area contributed by atoms with Crippen molar-refractivity contribution in [1.29, 1.82) is 0 Å². The number of nitrogens with zero attached hydrogens (tertiary/aromatic N) is 1. The van der Waals surface area contributed by atoms with Gasteiger partial charge in [0.2, 0.25) is 0 Å². The van der Waals surface area contributed by atoms with E-state index in [0.717, 1.165) is 5.56 Å². The Labute approximate surface area is 192 Å². The van der Waals surface area contributed by atoms with Crippen molar-refractivity contribution >= 4 is 23.2 Å². The number of benzene rings is 2. The van der Waals surface area contributed by atoms with Gasteiger partial charge < -0.3 is 10.1 Å². The summed E-state index contributed by atoms with van der Waals surface area (Å²) in [5, 5.41) is 2.41. The second-order valence-corrected chi connectivity index (χ2v) is 7.91. The summed E-state index contributed by atoms with van der Waals surface area (Å²) in [5.41, 5.74) is 0.322. The zero-order valence-corrected chi connectivity index (χ0v) is 18.3. The van der Waals surface area contributed by atoms with Crippen LogP contribution in [0.4, 0.5) is 13.2 Å². The van der Waals surface area contributed by atoms with E-state index < -0.39 is 28.6 Å². The number of hydrogen-bond acceptors (Lipinski definition) is 5. The maximum Gasteiger partial charge on any atom is 0.435 e. The molecule has 1 aromatic heterocycles. The summed E-state index contributed by atoms with van der Waals surface area (Å²) in [5.74, 6) is 4.30. The zero-order chi connectivity index (χ0) is 23.8. The maximum atomic E-state index is 13.4. The van der Waals surface area contributed by atoms with Gasteiger partial charge in [0.05, 0.1) is 0 Å². The molecule has 0 fully saturated rings. The normalized spacial score (nSPS) is 10.8. The summed E-state index contributed by atoms with van der Waals surface area (Å²) in [4.78, 5) is 26.4. The van der Waals surface area contributed by atoms with Gasteiger partial charge in [-0.05, 0) is 48.6 Å². The van der Waals surface area contributed by atoms with E-state index in [0.29, 0.717) is 35.5 Å². The van der Waals surface area contributed by atoms with E-state index in [1.165, 1.54) is 19.1 Å². The smallest absolute Gasteiger partial charge is 0.427 e. The van der Waals surface area contributed by atoms with Crippen molar-refractivity contribution in [1.82, 2.24) is 10.3 Å². The molecule has 33 heavy (non-hydrogen) atoms. The molecule has 3 rings (SSSR count). The molecule has 0 spiro atoms. The number of nitrogens with one attached hydrogen (secondary N) is 1. The highest BCUT2D eigenvalue weighted by Crippen LogP contribution is 2.34. The third-order valence-electron chi connectivity index (χ3n) is 4.30. The van der Waals surface area contributed by atoms with Crippen LogP contribution in [0.3, 0.4) is 0 Å². The number of esters is 1. The predicted molar refractivity (Wildman–Crippen MR) is 118 cm³/mol. The molecule has 1 N–H and O–H groups in total. The molecule has 0 aliphatic rings. The van der Waals surface area contributed by atoms with Gasteiger partial charge in [-0.2, -0.15) is 13.2 Å². The summed E-state index contributed by atoms with van der Waals surface area (Å²) in [6.07, 6.45) is -3.49. The number of aromatic nitrogens is 1. The lowest BCUT2D eigenvalue weighted by atomic mass is 10.1. The molecule has 0 unspecified atom stereocenters. The van der Waals surface area contributed by atoms with E-state index in [-0.39, 0.29) is 11.6 Å². The van der Waals surface area contributed by atoms with E-state index in [2.05, 4.69) is 22.1 Å². The Kier molecular flexibility index (Phi) is 7.85. The maximum absolute atomic E-state index is 13.4. The number of amides is 1. The molecule has 0 aliphatic heterocycles. The van der Waals surface area contributed by atoms with Gasteiger partial charge in [0.1, 0.15) is 10.6 Å². The summed E-state index contributed by atoms with van der Waals surface area (Å²) in [7, 11) is 0. The van der Waals surface area contributed by atoms with Crippen LogP contribution in [0.1, 0.15) is 44.8 Å². The number of rotatable bonds is 6. The number of aryl methyl sites for hydroxylation is 1. The first-order valence-electron chi connectivity index (χ1n) is 9.93. The summed E-state index contributed by atoms with van der Waals surface area (Å²) < 4.78 is 45.2. The molecule has 9 heteroatoms. The van der Waals surface area contributed by atoms with Crippen molar-refractivity contribution < 1.29 is 27.5 Å². The van der Waals surface area contributed by atoms with Gasteiger partial charge in [-0.25, -0.2) is 4.98 Å². The minimum atomic E-state index is -4.78. The van der Waals surface area contributed by atoms with E-state index in [4.69, 9.17) is 4.74 Å². The Bertz CT molecular complexity index is 1180. The Hall–Kier alpha value is -3.64. The molecule has 3 aromatic rings. The number of halogens is 3. The molecule has 2 aromatic carbocycles. The molecule has 0 aliphatic carbocycles. The van der Waals surface area contributed by atoms with Crippen molar-refractivity contribution in [3.8, 4) is 17.6 Å². The lowest BCUT2D eigenvalue weighted by Crippen LogP contribution is -2.26. The van der Waals surface area contributed by atoms with E-state index >= 15 is 0 Å².